The molecule has 0 fully saturated rings. The summed E-state index contributed by atoms with van der Waals surface area (Å²) in [6.45, 7) is 0. The molecule has 4 heteroatoms. The van der Waals surface area contributed by atoms with Gasteiger partial charge in [0, 0.05) is 11.7 Å². The molecule has 0 aliphatic heterocycles. The highest BCUT2D eigenvalue weighted by molar-refractivity contribution is 5.22. The zero-order chi connectivity index (χ0) is 7.84. The fourth-order valence-corrected chi connectivity index (χ4v) is 1.64. The van der Waals surface area contributed by atoms with E-state index < -0.39 is 0 Å². The van der Waals surface area contributed by atoms with Gasteiger partial charge < -0.3 is 10.8 Å². The van der Waals surface area contributed by atoms with Crippen molar-refractivity contribution in [1.29, 1.82) is 0 Å². The summed E-state index contributed by atoms with van der Waals surface area (Å²) in [6.07, 6.45) is 2.94. The molecule has 4 nitrogen and oxygen atoms in total. The zero-order valence-electron chi connectivity index (χ0n) is 6.18. The minimum Gasteiger partial charge on any atom is -0.324 e. The first kappa shape index (κ1) is 6.67. The fraction of sp³-hybridized carbons (Fsp3) is 0.571. The molecular formula is C7H11N3O. The van der Waals surface area contributed by atoms with Crippen LogP contribution in [-0.2, 0) is 6.42 Å². The monoisotopic (exact) mass is 153 g/mol. The molecule has 1 atom stereocenters. The first-order valence-corrected chi connectivity index (χ1v) is 3.84. The minimum absolute atomic E-state index is 0.0489. The predicted octanol–water partition coefficient (Wildman–Crippen LogP) is 0.0391. The van der Waals surface area contributed by atoms with Crippen molar-refractivity contribution in [3.63, 3.8) is 0 Å². The van der Waals surface area contributed by atoms with Crippen molar-refractivity contribution in [3.8, 4) is 0 Å². The number of aromatic nitrogens is 2. The summed E-state index contributed by atoms with van der Waals surface area (Å²) < 4.78 is 0. The second kappa shape index (κ2) is 2.23. The van der Waals surface area contributed by atoms with Gasteiger partial charge >= 0.3 is 0 Å². The minimum atomic E-state index is -0.0613. The summed E-state index contributed by atoms with van der Waals surface area (Å²) >= 11 is 0. The van der Waals surface area contributed by atoms with Crippen LogP contribution in [0.2, 0.25) is 0 Å². The van der Waals surface area contributed by atoms with Crippen molar-refractivity contribution < 1.29 is 0 Å². The molecule has 0 spiro atoms. The Kier molecular flexibility index (Phi) is 1.35. The predicted molar refractivity (Wildman–Crippen MR) is 41.3 cm³/mol. The Morgan fingerprint density at radius 3 is 3.00 bits per heavy atom. The van der Waals surface area contributed by atoms with Crippen molar-refractivity contribution in [1.82, 2.24) is 10.2 Å². The molecule has 1 aliphatic rings. The number of fused-ring (bicyclic) bond motifs is 1. The van der Waals surface area contributed by atoms with Crippen molar-refractivity contribution in [2.45, 2.75) is 25.3 Å². The van der Waals surface area contributed by atoms with Gasteiger partial charge in [-0.3, -0.25) is 9.89 Å². The lowest BCUT2D eigenvalue weighted by Crippen LogP contribution is -2.22. The van der Waals surface area contributed by atoms with Crippen LogP contribution >= 0.6 is 0 Å². The van der Waals surface area contributed by atoms with E-state index in [1.807, 2.05) is 0 Å². The van der Waals surface area contributed by atoms with E-state index in [0.717, 1.165) is 30.5 Å². The van der Waals surface area contributed by atoms with Crippen LogP contribution in [-0.4, -0.2) is 10.2 Å². The molecular weight excluding hydrogens is 142 g/mol. The van der Waals surface area contributed by atoms with E-state index in [0.29, 0.717) is 0 Å². The summed E-state index contributed by atoms with van der Waals surface area (Å²) in [5, 5.41) is 5.39. The highest BCUT2D eigenvalue weighted by Crippen LogP contribution is 2.22. The van der Waals surface area contributed by atoms with Gasteiger partial charge in [-0.2, -0.15) is 0 Å². The molecule has 1 unspecified atom stereocenters. The Morgan fingerprint density at radius 2 is 2.27 bits per heavy atom. The van der Waals surface area contributed by atoms with Crippen molar-refractivity contribution in [2.75, 3.05) is 0 Å². The molecule has 0 bridgehead atoms. The van der Waals surface area contributed by atoms with Crippen LogP contribution in [0.4, 0.5) is 0 Å². The summed E-state index contributed by atoms with van der Waals surface area (Å²) in [5.41, 5.74) is 7.46. The van der Waals surface area contributed by atoms with E-state index in [2.05, 4.69) is 10.2 Å². The van der Waals surface area contributed by atoms with Gasteiger partial charge in [0.15, 0.2) is 0 Å². The van der Waals surface area contributed by atoms with Gasteiger partial charge in [0.2, 0.25) is 0 Å². The number of rotatable bonds is 0. The third-order valence-corrected chi connectivity index (χ3v) is 2.21. The number of hydrogen-bond donors (Lipinski definition) is 3. The molecule has 0 radical (unpaired) electrons. The van der Waals surface area contributed by atoms with Crippen molar-refractivity contribution in [2.24, 2.45) is 5.73 Å². The van der Waals surface area contributed by atoms with Crippen LogP contribution in [0.1, 0.15) is 30.1 Å². The molecule has 1 heterocycles. The smallest absolute Gasteiger partial charge is 0.268 e. The molecule has 60 valence electrons. The van der Waals surface area contributed by atoms with Gasteiger partial charge in [0.05, 0.1) is 5.56 Å². The molecule has 0 saturated heterocycles. The third-order valence-electron chi connectivity index (χ3n) is 2.21. The van der Waals surface area contributed by atoms with E-state index >= 15 is 0 Å². The zero-order valence-corrected chi connectivity index (χ0v) is 6.18. The number of nitrogens with one attached hydrogen (secondary N) is 2. The molecule has 0 amide bonds. The Bertz CT molecular complexity index is 312. The molecule has 2 rings (SSSR count). The number of nitrogens with two attached hydrogens (primary N) is 1. The largest absolute Gasteiger partial charge is 0.324 e. The van der Waals surface area contributed by atoms with Crippen LogP contribution in [0.5, 0.6) is 0 Å². The maximum atomic E-state index is 11.1. The Balaban J connectivity index is 2.56. The summed E-state index contributed by atoms with van der Waals surface area (Å²) in [5.74, 6) is 0. The Hall–Kier alpha value is -1.03. The average molecular weight is 153 g/mol. The quantitative estimate of drug-likeness (QED) is 0.492. The van der Waals surface area contributed by atoms with Crippen molar-refractivity contribution in [3.05, 3.63) is 21.6 Å². The van der Waals surface area contributed by atoms with Gasteiger partial charge in [0.1, 0.15) is 0 Å². The van der Waals surface area contributed by atoms with Crippen LogP contribution in [0, 0.1) is 0 Å². The van der Waals surface area contributed by atoms with Crippen LogP contribution in [0.15, 0.2) is 4.79 Å². The highest BCUT2D eigenvalue weighted by atomic mass is 16.1. The van der Waals surface area contributed by atoms with E-state index in [1.54, 1.807) is 0 Å². The number of aryl methyl sites for hydroxylation is 1. The van der Waals surface area contributed by atoms with Crippen molar-refractivity contribution >= 4 is 0 Å². The normalized spacial score (nSPS) is 23.2. The fourth-order valence-electron chi connectivity index (χ4n) is 1.64. The first-order valence-electron chi connectivity index (χ1n) is 3.84. The SMILES string of the molecule is NC1CCCc2[nH][nH]c(=O)c21. The Labute approximate surface area is 63.8 Å². The summed E-state index contributed by atoms with van der Waals surface area (Å²) in [4.78, 5) is 11.1. The van der Waals surface area contributed by atoms with E-state index in [1.165, 1.54) is 0 Å². The third kappa shape index (κ3) is 0.903. The number of aromatic amines is 2. The molecule has 1 aromatic heterocycles. The first-order chi connectivity index (χ1) is 5.29. The Morgan fingerprint density at radius 1 is 1.45 bits per heavy atom. The number of hydrogen-bond acceptors (Lipinski definition) is 2. The molecule has 11 heavy (non-hydrogen) atoms. The van der Waals surface area contributed by atoms with Crippen LogP contribution in [0.3, 0.4) is 0 Å². The average Bonchev–Trinajstić information content (AvgIpc) is 2.34. The molecule has 4 N–H and O–H groups in total. The second-order valence-corrected chi connectivity index (χ2v) is 2.97. The summed E-state index contributed by atoms with van der Waals surface area (Å²) in [7, 11) is 0. The topological polar surface area (TPSA) is 74.7 Å². The van der Waals surface area contributed by atoms with E-state index in [9.17, 15) is 4.79 Å². The van der Waals surface area contributed by atoms with E-state index in [4.69, 9.17) is 5.73 Å². The van der Waals surface area contributed by atoms with Crippen LogP contribution in [0.25, 0.3) is 0 Å². The highest BCUT2D eigenvalue weighted by Gasteiger charge is 2.20. The van der Waals surface area contributed by atoms with Gasteiger partial charge in [0.25, 0.3) is 5.56 Å². The standard InChI is InChI=1S/C7H11N3O/c8-4-2-1-3-5-6(4)7(11)10-9-5/h4H,1-3,8H2,(H2,9,10,11). The second-order valence-electron chi connectivity index (χ2n) is 2.97. The maximum Gasteiger partial charge on any atom is 0.268 e. The number of H-pyrrole nitrogens is 2. The molecule has 0 aromatic carbocycles. The van der Waals surface area contributed by atoms with E-state index in [-0.39, 0.29) is 11.6 Å². The van der Waals surface area contributed by atoms with Gasteiger partial charge in [-0.25, -0.2) is 0 Å². The van der Waals surface area contributed by atoms with Gasteiger partial charge in [-0.05, 0) is 19.3 Å². The lowest BCUT2D eigenvalue weighted by atomic mass is 9.94. The summed E-state index contributed by atoms with van der Waals surface area (Å²) in [6, 6.07) is -0.0613. The van der Waals surface area contributed by atoms with Gasteiger partial charge in [-0.1, -0.05) is 0 Å². The molecule has 1 aliphatic carbocycles. The van der Waals surface area contributed by atoms with Crippen LogP contribution < -0.4 is 11.3 Å². The molecule has 0 saturated carbocycles. The lowest BCUT2D eigenvalue weighted by Gasteiger charge is -2.15. The lowest BCUT2D eigenvalue weighted by molar-refractivity contribution is 0.564. The molecule has 1 aromatic rings. The maximum absolute atomic E-state index is 11.1. The van der Waals surface area contributed by atoms with Gasteiger partial charge in [-0.15, -0.1) is 0 Å².